The molecular weight excluding hydrogens is 464 g/mol. The number of hydrogen-bond acceptors (Lipinski definition) is 8. The third-order valence-corrected chi connectivity index (χ3v) is 4.96. The lowest BCUT2D eigenvalue weighted by Gasteiger charge is -2.27. The molecule has 15 nitrogen and oxygen atoms in total. The fourth-order valence-electron chi connectivity index (χ4n) is 2.81. The van der Waals surface area contributed by atoms with Crippen molar-refractivity contribution >= 4 is 35.6 Å². The fraction of sp³-hybridized carbons (Fsp3) is 0.700. The molecule has 0 saturated heterocycles. The number of rotatable bonds is 16. The van der Waals surface area contributed by atoms with Gasteiger partial charge in [-0.3, -0.25) is 24.2 Å². The van der Waals surface area contributed by atoms with Gasteiger partial charge < -0.3 is 49.1 Å². The summed E-state index contributed by atoms with van der Waals surface area (Å²) in [6.45, 7) is 4.83. The van der Waals surface area contributed by atoms with Gasteiger partial charge in [0, 0.05) is 13.0 Å². The molecule has 0 saturated carbocycles. The first-order valence-electron chi connectivity index (χ1n) is 11.1. The molecule has 35 heavy (non-hydrogen) atoms. The minimum Gasteiger partial charge on any atom is -0.480 e. The lowest BCUT2D eigenvalue weighted by molar-refractivity contribution is -0.143. The molecule has 0 bridgehead atoms. The standard InChI is InChI=1S/C20H38N8O7/c1-9(2)14(22)17(32)26-11(5-4-8-25-20(23)24)16(31)28-15(10(3)29)18(33)27-12(19(34)35)6-7-13(21)30/h9-12,14-15,29H,4-8,22H2,1-3H3,(H2,21,30)(H,26,32)(H,27,33)(H,28,31)(H,34,35)(H4,23,24,25). The van der Waals surface area contributed by atoms with Gasteiger partial charge in [-0.1, -0.05) is 13.8 Å². The normalized spacial score (nSPS) is 15.1. The summed E-state index contributed by atoms with van der Waals surface area (Å²) >= 11 is 0. The molecule has 4 amide bonds. The van der Waals surface area contributed by atoms with Crippen LogP contribution in [0.3, 0.4) is 0 Å². The van der Waals surface area contributed by atoms with Crippen LogP contribution in [-0.2, 0) is 24.0 Å². The van der Waals surface area contributed by atoms with Crippen molar-refractivity contribution in [2.24, 2.45) is 33.8 Å². The van der Waals surface area contributed by atoms with Gasteiger partial charge in [-0.05, 0) is 32.1 Å². The van der Waals surface area contributed by atoms with Crippen molar-refractivity contribution in [3.8, 4) is 0 Å². The molecule has 5 unspecified atom stereocenters. The first kappa shape index (κ1) is 31.5. The van der Waals surface area contributed by atoms with Crippen molar-refractivity contribution in [2.45, 2.75) is 76.7 Å². The third-order valence-electron chi connectivity index (χ3n) is 4.96. The number of amides is 4. The molecule has 0 aliphatic carbocycles. The van der Waals surface area contributed by atoms with E-state index < -0.39 is 59.9 Å². The first-order valence-corrected chi connectivity index (χ1v) is 11.1. The van der Waals surface area contributed by atoms with Gasteiger partial charge in [0.25, 0.3) is 0 Å². The van der Waals surface area contributed by atoms with Crippen LogP contribution in [0.2, 0.25) is 0 Å². The first-order chi connectivity index (χ1) is 16.2. The molecule has 15 heteroatoms. The van der Waals surface area contributed by atoms with Crippen LogP contribution in [0.25, 0.3) is 0 Å². The third kappa shape index (κ3) is 12.5. The summed E-state index contributed by atoms with van der Waals surface area (Å²) in [4.78, 5) is 64.2. The van der Waals surface area contributed by atoms with Gasteiger partial charge in [0.1, 0.15) is 18.1 Å². The van der Waals surface area contributed by atoms with E-state index in [0.717, 1.165) is 0 Å². The average Bonchev–Trinajstić information content (AvgIpc) is 2.74. The van der Waals surface area contributed by atoms with Crippen molar-refractivity contribution in [3.05, 3.63) is 0 Å². The predicted octanol–water partition coefficient (Wildman–Crippen LogP) is -3.79. The highest BCUT2D eigenvalue weighted by Gasteiger charge is 2.33. The summed E-state index contributed by atoms with van der Waals surface area (Å²) in [7, 11) is 0. The molecule has 0 radical (unpaired) electrons. The number of carboxylic acids is 1. The summed E-state index contributed by atoms with van der Waals surface area (Å²) < 4.78 is 0. The Kier molecular flexibility index (Phi) is 13.9. The SMILES string of the molecule is CC(C)C(N)C(=O)NC(CCCN=C(N)N)C(=O)NC(C(=O)NC(CCC(N)=O)C(=O)O)C(C)O. The average molecular weight is 503 g/mol. The van der Waals surface area contributed by atoms with Crippen molar-refractivity contribution in [1.82, 2.24) is 16.0 Å². The minimum absolute atomic E-state index is 0.0731. The van der Waals surface area contributed by atoms with E-state index >= 15 is 0 Å². The molecule has 0 aliphatic heterocycles. The van der Waals surface area contributed by atoms with E-state index in [0.29, 0.717) is 0 Å². The highest BCUT2D eigenvalue weighted by molar-refractivity contribution is 5.94. The van der Waals surface area contributed by atoms with Gasteiger partial charge in [-0.15, -0.1) is 0 Å². The number of aliphatic carboxylic acids is 1. The molecule has 0 aromatic heterocycles. The van der Waals surface area contributed by atoms with Gasteiger partial charge in [0.15, 0.2) is 5.96 Å². The highest BCUT2D eigenvalue weighted by atomic mass is 16.4. The van der Waals surface area contributed by atoms with Gasteiger partial charge in [-0.2, -0.15) is 0 Å². The molecule has 5 atom stereocenters. The zero-order chi connectivity index (χ0) is 27.3. The van der Waals surface area contributed by atoms with Gasteiger partial charge >= 0.3 is 5.97 Å². The van der Waals surface area contributed by atoms with Crippen molar-refractivity contribution in [1.29, 1.82) is 0 Å². The van der Waals surface area contributed by atoms with Crippen molar-refractivity contribution in [3.63, 3.8) is 0 Å². The molecule has 0 heterocycles. The molecule has 0 aliphatic rings. The van der Waals surface area contributed by atoms with Gasteiger partial charge in [-0.25, -0.2) is 4.79 Å². The Balaban J connectivity index is 5.52. The number of carbonyl (C=O) groups excluding carboxylic acids is 4. The zero-order valence-electron chi connectivity index (χ0n) is 20.2. The number of carbonyl (C=O) groups is 5. The number of hydrogen-bond donors (Lipinski definition) is 9. The Labute approximate surface area is 203 Å². The van der Waals surface area contributed by atoms with Gasteiger partial charge in [0.05, 0.1) is 12.1 Å². The van der Waals surface area contributed by atoms with Crippen LogP contribution >= 0.6 is 0 Å². The van der Waals surface area contributed by atoms with E-state index in [9.17, 15) is 34.2 Å². The molecule has 200 valence electrons. The molecule has 0 aromatic rings. The molecule has 13 N–H and O–H groups in total. The summed E-state index contributed by atoms with van der Waals surface area (Å²) in [5.74, 6) is -4.97. The van der Waals surface area contributed by atoms with Crippen molar-refractivity contribution in [2.75, 3.05) is 6.54 Å². The number of nitrogens with one attached hydrogen (secondary N) is 3. The topological polar surface area (TPSA) is 278 Å². The van der Waals surface area contributed by atoms with Crippen LogP contribution in [0.5, 0.6) is 0 Å². The second kappa shape index (κ2) is 15.4. The van der Waals surface area contributed by atoms with Gasteiger partial charge in [0.2, 0.25) is 23.6 Å². The highest BCUT2D eigenvalue weighted by Crippen LogP contribution is 2.06. The number of guanidine groups is 1. The Bertz CT molecular complexity index is 783. The summed E-state index contributed by atoms with van der Waals surface area (Å²) in [5.41, 5.74) is 21.4. The van der Waals surface area contributed by atoms with E-state index in [1.54, 1.807) is 13.8 Å². The molecule has 0 fully saturated rings. The zero-order valence-corrected chi connectivity index (χ0v) is 20.2. The summed E-state index contributed by atoms with van der Waals surface area (Å²) in [5, 5.41) is 26.3. The lowest BCUT2D eigenvalue weighted by Crippen LogP contribution is -2.60. The largest absolute Gasteiger partial charge is 0.480 e. The Morgan fingerprint density at radius 3 is 1.89 bits per heavy atom. The van der Waals surface area contributed by atoms with Crippen LogP contribution in [0.4, 0.5) is 0 Å². The number of nitrogens with zero attached hydrogens (tertiary/aromatic N) is 1. The monoisotopic (exact) mass is 502 g/mol. The Morgan fingerprint density at radius 1 is 0.857 bits per heavy atom. The predicted molar refractivity (Wildman–Crippen MR) is 126 cm³/mol. The van der Waals surface area contributed by atoms with Crippen molar-refractivity contribution < 1.29 is 34.2 Å². The molecule has 0 rings (SSSR count). The minimum atomic E-state index is -1.56. The number of aliphatic imine (C=N–C) groups is 1. The Hall–Kier alpha value is -3.46. The van der Waals surface area contributed by atoms with Crippen LogP contribution in [-0.4, -0.2) is 82.6 Å². The molecule has 0 aromatic carbocycles. The van der Waals surface area contributed by atoms with Crippen LogP contribution in [0.1, 0.15) is 46.5 Å². The van der Waals surface area contributed by atoms with Crippen LogP contribution in [0.15, 0.2) is 4.99 Å². The maximum Gasteiger partial charge on any atom is 0.326 e. The number of primary amides is 1. The quantitative estimate of drug-likeness (QED) is 0.0563. The number of nitrogens with two attached hydrogens (primary N) is 4. The van der Waals surface area contributed by atoms with E-state index in [1.165, 1.54) is 6.92 Å². The maximum atomic E-state index is 12.9. The number of aliphatic hydroxyl groups excluding tert-OH is 1. The molecule has 0 spiro atoms. The van der Waals surface area contributed by atoms with E-state index in [4.69, 9.17) is 22.9 Å². The lowest BCUT2D eigenvalue weighted by atomic mass is 10.0. The second-order valence-electron chi connectivity index (χ2n) is 8.41. The smallest absolute Gasteiger partial charge is 0.326 e. The Morgan fingerprint density at radius 2 is 1.43 bits per heavy atom. The van der Waals surface area contributed by atoms with E-state index in [1.807, 2.05) is 0 Å². The van der Waals surface area contributed by atoms with E-state index in [-0.39, 0.29) is 44.1 Å². The number of aliphatic hydroxyl groups is 1. The molecular formula is C20H38N8O7. The van der Waals surface area contributed by atoms with Crippen LogP contribution in [0, 0.1) is 5.92 Å². The second-order valence-corrected chi connectivity index (χ2v) is 8.41. The maximum absolute atomic E-state index is 12.9. The summed E-state index contributed by atoms with van der Waals surface area (Å²) in [6, 6.07) is -5.10. The number of carboxylic acid groups (broad SMARTS) is 1. The fourth-order valence-corrected chi connectivity index (χ4v) is 2.81. The van der Waals surface area contributed by atoms with Crippen LogP contribution < -0.4 is 38.9 Å². The summed E-state index contributed by atoms with van der Waals surface area (Å²) in [6.07, 6.45) is -1.66. The van der Waals surface area contributed by atoms with E-state index in [2.05, 4.69) is 20.9 Å².